The Bertz CT molecular complexity index is 3710. The van der Waals surface area contributed by atoms with Gasteiger partial charge in [-0.15, -0.1) is 0 Å². The van der Waals surface area contributed by atoms with Crippen LogP contribution in [0, 0.1) is 0 Å². The van der Waals surface area contributed by atoms with Crippen LogP contribution in [-0.4, -0.2) is 9.13 Å². The van der Waals surface area contributed by atoms with Crippen molar-refractivity contribution in [2.45, 2.75) is 0 Å². The maximum atomic E-state index is 6.45. The third-order valence-electron chi connectivity index (χ3n) is 12.9. The van der Waals surface area contributed by atoms with Crippen LogP contribution in [0.3, 0.4) is 0 Å². The molecule has 0 amide bonds. The van der Waals surface area contributed by atoms with E-state index in [1.165, 1.54) is 54.7 Å². The second kappa shape index (κ2) is 14.1. The van der Waals surface area contributed by atoms with Gasteiger partial charge in [-0.05, 0) is 112 Å². The van der Waals surface area contributed by atoms with Crippen molar-refractivity contribution < 1.29 is 4.42 Å². The second-order valence-corrected chi connectivity index (χ2v) is 16.5. The van der Waals surface area contributed by atoms with Gasteiger partial charge < -0.3 is 13.6 Å². The lowest BCUT2D eigenvalue weighted by molar-refractivity contribution is 0.670. The van der Waals surface area contributed by atoms with E-state index in [-0.39, 0.29) is 0 Å². The maximum absolute atomic E-state index is 6.45. The van der Waals surface area contributed by atoms with Gasteiger partial charge in [0.25, 0.3) is 0 Å². The predicted octanol–water partition coefficient (Wildman–Crippen LogP) is 16.4. The number of rotatable bonds is 6. The van der Waals surface area contributed by atoms with E-state index in [2.05, 4.69) is 228 Å². The van der Waals surface area contributed by atoms with Crippen molar-refractivity contribution in [2.75, 3.05) is 0 Å². The zero-order valence-corrected chi connectivity index (χ0v) is 34.2. The zero-order valence-electron chi connectivity index (χ0n) is 34.2. The number of para-hydroxylation sites is 6. The first kappa shape index (κ1) is 35.4. The number of benzene rings is 10. The lowest BCUT2D eigenvalue weighted by atomic mass is 9.92. The minimum Gasteiger partial charge on any atom is -0.455 e. The summed E-state index contributed by atoms with van der Waals surface area (Å²) in [6.45, 7) is 0. The number of fused-ring (bicyclic) bond motifs is 9. The molecule has 13 aromatic rings. The van der Waals surface area contributed by atoms with Gasteiger partial charge in [-0.1, -0.05) is 158 Å². The van der Waals surface area contributed by atoms with Crippen LogP contribution in [0.4, 0.5) is 0 Å². The van der Waals surface area contributed by atoms with Gasteiger partial charge in [-0.3, -0.25) is 0 Å². The average molecular weight is 803 g/mol. The number of aromatic nitrogens is 2. The Kier molecular flexibility index (Phi) is 7.91. The Balaban J connectivity index is 1.01. The first-order valence-electron chi connectivity index (χ1n) is 21.6. The maximum Gasteiger partial charge on any atom is 0.143 e. The summed E-state index contributed by atoms with van der Waals surface area (Å²) in [4.78, 5) is 0. The van der Waals surface area contributed by atoms with Crippen LogP contribution in [0.15, 0.2) is 235 Å². The van der Waals surface area contributed by atoms with E-state index >= 15 is 0 Å². The van der Waals surface area contributed by atoms with Gasteiger partial charge in [0.05, 0.1) is 22.1 Å². The lowest BCUT2D eigenvalue weighted by Gasteiger charge is -2.14. The van der Waals surface area contributed by atoms with Crippen LogP contribution in [-0.2, 0) is 0 Å². The number of nitrogens with zero attached hydrogens (tertiary/aromatic N) is 2. The minimum atomic E-state index is 0.908. The van der Waals surface area contributed by atoms with E-state index in [9.17, 15) is 0 Å². The summed E-state index contributed by atoms with van der Waals surface area (Å²) < 4.78 is 11.3. The summed E-state index contributed by atoms with van der Waals surface area (Å²) in [6.07, 6.45) is 0. The molecular formula is C60H38N2O. The quantitative estimate of drug-likeness (QED) is 0.164. The average Bonchev–Trinajstić information content (AvgIpc) is 4.02. The fourth-order valence-electron chi connectivity index (χ4n) is 9.96. The molecule has 13 rings (SSSR count). The molecule has 0 atom stereocenters. The van der Waals surface area contributed by atoms with Gasteiger partial charge in [0.2, 0.25) is 0 Å². The zero-order chi connectivity index (χ0) is 41.4. The number of hydrogen-bond acceptors (Lipinski definition) is 1. The normalized spacial score (nSPS) is 11.8. The van der Waals surface area contributed by atoms with Crippen molar-refractivity contribution >= 4 is 65.6 Å². The largest absolute Gasteiger partial charge is 0.455 e. The van der Waals surface area contributed by atoms with E-state index in [4.69, 9.17) is 4.42 Å². The minimum absolute atomic E-state index is 0.908. The second-order valence-electron chi connectivity index (χ2n) is 16.5. The Morgan fingerprint density at radius 3 is 1.25 bits per heavy atom. The summed E-state index contributed by atoms with van der Waals surface area (Å²) in [5, 5.41) is 7.25. The van der Waals surface area contributed by atoms with Crippen LogP contribution in [0.25, 0.3) is 121 Å². The SMILES string of the molecule is c1ccc(-n2c3ccccc3c3ccc(-c4cc(-c5ccc(-c6cccc7c6oc6ccccc67)cc5)cc(-c5ccc6c7ccccc7n(-c7ccccc7)c6c5)c4)cc32)cc1. The van der Waals surface area contributed by atoms with Crippen molar-refractivity contribution in [3.05, 3.63) is 231 Å². The van der Waals surface area contributed by atoms with Crippen molar-refractivity contribution in [1.29, 1.82) is 0 Å². The van der Waals surface area contributed by atoms with Gasteiger partial charge in [-0.2, -0.15) is 0 Å². The molecule has 0 saturated heterocycles. The molecule has 0 bridgehead atoms. The lowest BCUT2D eigenvalue weighted by Crippen LogP contribution is -1.94. The molecule has 0 N–H and O–H groups in total. The smallest absolute Gasteiger partial charge is 0.143 e. The van der Waals surface area contributed by atoms with E-state index < -0.39 is 0 Å². The molecule has 0 saturated carbocycles. The molecule has 63 heavy (non-hydrogen) atoms. The topological polar surface area (TPSA) is 23.0 Å². The van der Waals surface area contributed by atoms with Crippen molar-refractivity contribution in [3.63, 3.8) is 0 Å². The molecule has 0 aliphatic rings. The van der Waals surface area contributed by atoms with Crippen molar-refractivity contribution in [1.82, 2.24) is 9.13 Å². The van der Waals surface area contributed by atoms with Crippen LogP contribution in [0.5, 0.6) is 0 Å². The van der Waals surface area contributed by atoms with E-state index in [0.717, 1.165) is 66.7 Å². The molecule has 0 fully saturated rings. The number of furan rings is 1. The molecule has 0 unspecified atom stereocenters. The summed E-state index contributed by atoms with van der Waals surface area (Å²) in [5.41, 5.74) is 18.1. The van der Waals surface area contributed by atoms with E-state index in [1.807, 2.05) is 12.1 Å². The van der Waals surface area contributed by atoms with Crippen LogP contribution >= 0.6 is 0 Å². The first-order chi connectivity index (χ1) is 31.2. The third-order valence-corrected chi connectivity index (χ3v) is 12.9. The van der Waals surface area contributed by atoms with Crippen LogP contribution < -0.4 is 0 Å². The highest BCUT2D eigenvalue weighted by Gasteiger charge is 2.18. The molecule has 3 heterocycles. The molecule has 294 valence electrons. The molecule has 0 spiro atoms. The van der Waals surface area contributed by atoms with Crippen molar-refractivity contribution in [2.24, 2.45) is 0 Å². The molecule has 3 aromatic heterocycles. The van der Waals surface area contributed by atoms with E-state index in [0.29, 0.717) is 0 Å². The first-order valence-corrected chi connectivity index (χ1v) is 21.6. The Morgan fingerprint density at radius 2 is 0.683 bits per heavy atom. The van der Waals surface area contributed by atoms with Crippen LogP contribution in [0.1, 0.15) is 0 Å². The Morgan fingerprint density at radius 1 is 0.254 bits per heavy atom. The molecule has 3 heteroatoms. The highest BCUT2D eigenvalue weighted by molar-refractivity contribution is 6.12. The van der Waals surface area contributed by atoms with Gasteiger partial charge in [0.1, 0.15) is 11.2 Å². The Hall–Kier alpha value is -8.40. The molecule has 0 aliphatic heterocycles. The Labute approximate surface area is 363 Å². The fourth-order valence-corrected chi connectivity index (χ4v) is 9.96. The molecule has 3 nitrogen and oxygen atoms in total. The molecule has 10 aromatic carbocycles. The van der Waals surface area contributed by atoms with Gasteiger partial charge >= 0.3 is 0 Å². The molecular weight excluding hydrogens is 765 g/mol. The summed E-state index contributed by atoms with van der Waals surface area (Å²) >= 11 is 0. The number of hydrogen-bond donors (Lipinski definition) is 0. The highest BCUT2D eigenvalue weighted by atomic mass is 16.3. The summed E-state index contributed by atoms with van der Waals surface area (Å²) in [6, 6.07) is 83.6. The molecule has 0 radical (unpaired) electrons. The monoisotopic (exact) mass is 802 g/mol. The van der Waals surface area contributed by atoms with Gasteiger partial charge in [0.15, 0.2) is 0 Å². The van der Waals surface area contributed by atoms with E-state index in [1.54, 1.807) is 0 Å². The highest BCUT2D eigenvalue weighted by Crippen LogP contribution is 2.41. The third kappa shape index (κ3) is 5.67. The van der Waals surface area contributed by atoms with Crippen LogP contribution in [0.2, 0.25) is 0 Å². The predicted molar refractivity (Wildman–Crippen MR) is 264 cm³/mol. The summed E-state index contributed by atoms with van der Waals surface area (Å²) in [5.74, 6) is 0. The standard InChI is InChI=1S/C60H38N2O/c1-3-14-46(15-4-1)61-55-23-10-7-18-49(55)51-32-30-41(37-57(51)61)44-34-43(39-26-28-40(29-27-39)48-21-13-22-54-53-20-9-12-25-59(53)63-60(48)54)35-45(36-44)42-31-33-52-50-19-8-11-24-56(50)62(58(52)38-42)47-16-5-2-6-17-47/h1-38H. The molecule has 0 aliphatic carbocycles. The fraction of sp³-hybridized carbons (Fsp3) is 0. The van der Waals surface area contributed by atoms with Gasteiger partial charge in [0, 0.05) is 49.3 Å². The van der Waals surface area contributed by atoms with Crippen molar-refractivity contribution in [3.8, 4) is 55.9 Å². The summed E-state index contributed by atoms with van der Waals surface area (Å²) in [7, 11) is 0. The van der Waals surface area contributed by atoms with Gasteiger partial charge in [-0.25, -0.2) is 0 Å².